The van der Waals surface area contributed by atoms with E-state index in [1.165, 1.54) is 4.90 Å². The zero-order valence-electron chi connectivity index (χ0n) is 25.3. The number of nitrogens with one attached hydrogen (secondary N) is 3. The molecule has 13 nitrogen and oxygen atoms in total. The number of nitrogens with two attached hydrogens (primary N) is 2. The normalized spacial score (nSPS) is 18.1. The van der Waals surface area contributed by atoms with Crippen molar-refractivity contribution in [1.29, 1.82) is 0 Å². The molecule has 234 valence electrons. The molecule has 0 bridgehead atoms. The van der Waals surface area contributed by atoms with Gasteiger partial charge in [-0.25, -0.2) is 4.79 Å². The van der Waals surface area contributed by atoms with E-state index in [1.807, 2.05) is 41.5 Å². The lowest BCUT2D eigenvalue weighted by atomic mass is 9.99. The van der Waals surface area contributed by atoms with Gasteiger partial charge < -0.3 is 37.4 Å². The lowest BCUT2D eigenvalue weighted by Crippen LogP contribution is -2.58. The number of hydrogen-bond donors (Lipinski definition) is 6. The predicted octanol–water partition coefficient (Wildman–Crippen LogP) is 0.248. The molecule has 1 saturated heterocycles. The Hall–Kier alpha value is -3.22. The zero-order valence-corrected chi connectivity index (χ0v) is 25.3. The van der Waals surface area contributed by atoms with E-state index >= 15 is 0 Å². The third kappa shape index (κ3) is 12.4. The molecule has 1 aliphatic rings. The molecule has 1 heterocycles. The quantitative estimate of drug-likeness (QED) is 0.139. The first kappa shape index (κ1) is 35.8. The standard InChI is InChI=1S/C28H50N6O7/c1-15(2)12-18(29)27(39)34-11-7-8-22(34)26(38)33-21(14-17(5)6)25(37)32-20(13-16(3)4)24(36)31-19(28(40)41)9-10-23(30)35/h15-22H,7-14,29H2,1-6H3,(H2,30,35)(H,31,36)(H,32,37)(H,33,38)(H,40,41)/t18-,19-,20-,21-,22-/m0/s1. The molecule has 8 N–H and O–H groups in total. The highest BCUT2D eigenvalue weighted by Crippen LogP contribution is 2.20. The van der Waals surface area contributed by atoms with Crippen LogP contribution in [0.4, 0.5) is 0 Å². The molecule has 13 heteroatoms. The first-order valence-electron chi connectivity index (χ1n) is 14.5. The Labute approximate surface area is 242 Å². The van der Waals surface area contributed by atoms with E-state index in [-0.39, 0.29) is 49.3 Å². The largest absolute Gasteiger partial charge is 0.480 e. The van der Waals surface area contributed by atoms with Crippen LogP contribution in [0, 0.1) is 17.8 Å². The van der Waals surface area contributed by atoms with Gasteiger partial charge in [-0.05, 0) is 56.3 Å². The first-order valence-corrected chi connectivity index (χ1v) is 14.5. The molecule has 1 aliphatic heterocycles. The van der Waals surface area contributed by atoms with Crippen LogP contribution in [0.15, 0.2) is 0 Å². The molecule has 1 rings (SSSR count). The molecule has 0 aromatic rings. The summed E-state index contributed by atoms with van der Waals surface area (Å²) in [6.07, 6.45) is 1.63. The molecule has 0 aromatic heterocycles. The van der Waals surface area contributed by atoms with Crippen molar-refractivity contribution >= 4 is 35.5 Å². The topological polar surface area (TPSA) is 214 Å². The highest BCUT2D eigenvalue weighted by atomic mass is 16.4. The van der Waals surface area contributed by atoms with Gasteiger partial charge in [0, 0.05) is 13.0 Å². The van der Waals surface area contributed by atoms with Gasteiger partial charge in [0.25, 0.3) is 0 Å². The number of carbonyl (C=O) groups excluding carboxylic acids is 5. The van der Waals surface area contributed by atoms with E-state index in [9.17, 15) is 33.9 Å². The van der Waals surface area contributed by atoms with Crippen molar-refractivity contribution in [3.05, 3.63) is 0 Å². The van der Waals surface area contributed by atoms with Crippen molar-refractivity contribution in [2.75, 3.05) is 6.54 Å². The SMILES string of the molecule is CC(C)C[C@H](NC(=O)[C@H](CC(C)C)NC(=O)[C@@H]1CCCN1C(=O)[C@@H](N)CC(C)C)C(=O)N[C@@H](CCC(N)=O)C(=O)O. The lowest BCUT2D eigenvalue weighted by molar-refractivity contribution is -0.142. The molecular weight excluding hydrogens is 532 g/mol. The molecule has 0 aliphatic carbocycles. The Morgan fingerprint density at radius 3 is 1.76 bits per heavy atom. The van der Waals surface area contributed by atoms with E-state index in [1.54, 1.807) is 0 Å². The molecule has 5 amide bonds. The van der Waals surface area contributed by atoms with E-state index in [0.717, 1.165) is 0 Å². The molecular formula is C28H50N6O7. The van der Waals surface area contributed by atoms with E-state index in [0.29, 0.717) is 25.8 Å². The second-order valence-corrected chi connectivity index (χ2v) is 12.2. The third-order valence-corrected chi connectivity index (χ3v) is 6.86. The number of carbonyl (C=O) groups is 6. The molecule has 0 unspecified atom stereocenters. The van der Waals surface area contributed by atoms with Crippen LogP contribution in [0.3, 0.4) is 0 Å². The van der Waals surface area contributed by atoms with Gasteiger partial charge in [-0.1, -0.05) is 41.5 Å². The fraction of sp³-hybridized carbons (Fsp3) is 0.786. The van der Waals surface area contributed by atoms with Crippen molar-refractivity contribution in [3.63, 3.8) is 0 Å². The summed E-state index contributed by atoms with van der Waals surface area (Å²) in [7, 11) is 0. The highest BCUT2D eigenvalue weighted by Gasteiger charge is 2.38. The molecule has 0 radical (unpaired) electrons. The molecule has 0 aromatic carbocycles. The Kier molecular flexibility index (Phi) is 14.8. The first-order chi connectivity index (χ1) is 19.0. The summed E-state index contributed by atoms with van der Waals surface area (Å²) in [5, 5.41) is 17.3. The Balaban J connectivity index is 3.05. The number of carboxylic acid groups (broad SMARTS) is 1. The fourth-order valence-electron chi connectivity index (χ4n) is 4.89. The minimum Gasteiger partial charge on any atom is -0.480 e. The Morgan fingerprint density at radius 2 is 1.29 bits per heavy atom. The number of hydrogen-bond acceptors (Lipinski definition) is 7. The van der Waals surface area contributed by atoms with Crippen LogP contribution < -0.4 is 27.4 Å². The predicted molar refractivity (Wildman–Crippen MR) is 153 cm³/mol. The zero-order chi connectivity index (χ0) is 31.4. The van der Waals surface area contributed by atoms with Gasteiger partial charge in [0.1, 0.15) is 24.2 Å². The maximum atomic E-state index is 13.4. The number of rotatable bonds is 17. The van der Waals surface area contributed by atoms with Crippen LogP contribution in [-0.4, -0.2) is 82.3 Å². The number of nitrogens with zero attached hydrogens (tertiary/aromatic N) is 1. The van der Waals surface area contributed by atoms with Gasteiger partial charge in [-0.2, -0.15) is 0 Å². The van der Waals surface area contributed by atoms with Crippen molar-refractivity contribution in [2.45, 2.75) is 117 Å². The average molecular weight is 583 g/mol. The van der Waals surface area contributed by atoms with Gasteiger partial charge in [0.15, 0.2) is 0 Å². The minimum atomic E-state index is -1.36. The van der Waals surface area contributed by atoms with Gasteiger partial charge in [0.05, 0.1) is 6.04 Å². The lowest BCUT2D eigenvalue weighted by Gasteiger charge is -2.30. The summed E-state index contributed by atoms with van der Waals surface area (Å²) in [4.78, 5) is 77.0. The molecule has 1 fully saturated rings. The van der Waals surface area contributed by atoms with E-state index < -0.39 is 59.8 Å². The van der Waals surface area contributed by atoms with Crippen LogP contribution in [0.25, 0.3) is 0 Å². The summed E-state index contributed by atoms with van der Waals surface area (Å²) >= 11 is 0. The molecule has 41 heavy (non-hydrogen) atoms. The van der Waals surface area contributed by atoms with E-state index in [4.69, 9.17) is 11.5 Å². The smallest absolute Gasteiger partial charge is 0.326 e. The van der Waals surface area contributed by atoms with Crippen LogP contribution in [-0.2, 0) is 28.8 Å². The van der Waals surface area contributed by atoms with Crippen LogP contribution >= 0.6 is 0 Å². The van der Waals surface area contributed by atoms with E-state index in [2.05, 4.69) is 16.0 Å². The molecule has 0 spiro atoms. The molecule has 0 saturated carbocycles. The Bertz CT molecular complexity index is 939. The highest BCUT2D eigenvalue weighted by molar-refractivity contribution is 5.95. The number of likely N-dealkylation sites (tertiary alicyclic amines) is 1. The summed E-state index contributed by atoms with van der Waals surface area (Å²) in [5.41, 5.74) is 11.2. The van der Waals surface area contributed by atoms with Crippen LogP contribution in [0.1, 0.15) is 86.5 Å². The Morgan fingerprint density at radius 1 is 0.805 bits per heavy atom. The third-order valence-electron chi connectivity index (χ3n) is 6.86. The summed E-state index contributed by atoms with van der Waals surface area (Å²) in [6.45, 7) is 11.8. The second kappa shape index (κ2) is 16.9. The van der Waals surface area contributed by atoms with Crippen LogP contribution in [0.2, 0.25) is 0 Å². The number of primary amides is 1. The monoisotopic (exact) mass is 582 g/mol. The van der Waals surface area contributed by atoms with Gasteiger partial charge in [-0.15, -0.1) is 0 Å². The second-order valence-electron chi connectivity index (χ2n) is 12.2. The average Bonchev–Trinajstić information content (AvgIpc) is 3.33. The van der Waals surface area contributed by atoms with Crippen molar-refractivity contribution < 1.29 is 33.9 Å². The van der Waals surface area contributed by atoms with Crippen molar-refractivity contribution in [3.8, 4) is 0 Å². The van der Waals surface area contributed by atoms with Gasteiger partial charge in [-0.3, -0.25) is 24.0 Å². The fourth-order valence-corrected chi connectivity index (χ4v) is 4.89. The van der Waals surface area contributed by atoms with Crippen molar-refractivity contribution in [1.82, 2.24) is 20.9 Å². The maximum absolute atomic E-state index is 13.4. The minimum absolute atomic E-state index is 0.00870. The van der Waals surface area contributed by atoms with Gasteiger partial charge in [0.2, 0.25) is 29.5 Å². The van der Waals surface area contributed by atoms with Crippen molar-refractivity contribution in [2.24, 2.45) is 29.2 Å². The number of aliphatic carboxylic acids is 1. The van der Waals surface area contributed by atoms with Crippen LogP contribution in [0.5, 0.6) is 0 Å². The number of carboxylic acids is 1. The summed E-state index contributed by atoms with van der Waals surface area (Å²) in [5.74, 6) is -3.91. The summed E-state index contributed by atoms with van der Waals surface area (Å²) < 4.78 is 0. The summed E-state index contributed by atoms with van der Waals surface area (Å²) in [6, 6.07) is -4.90. The molecule has 5 atom stereocenters. The van der Waals surface area contributed by atoms with Gasteiger partial charge >= 0.3 is 5.97 Å². The maximum Gasteiger partial charge on any atom is 0.326 e. The number of amides is 5.